The van der Waals surface area contributed by atoms with Crippen LogP contribution in [0.25, 0.3) is 22.6 Å². The van der Waals surface area contributed by atoms with Crippen molar-refractivity contribution in [2.24, 2.45) is 0 Å². The van der Waals surface area contributed by atoms with Gasteiger partial charge in [-0.15, -0.1) is 0 Å². The van der Waals surface area contributed by atoms with E-state index in [2.05, 4.69) is 26.6 Å². The maximum atomic E-state index is 9.76. The molecule has 0 bridgehead atoms. The molecule has 3 heterocycles. The van der Waals surface area contributed by atoms with Crippen LogP contribution < -0.4 is 0 Å². The van der Waals surface area contributed by atoms with Gasteiger partial charge in [-0.2, -0.15) is 0 Å². The van der Waals surface area contributed by atoms with Crippen molar-refractivity contribution in [1.82, 2.24) is 14.5 Å². The summed E-state index contributed by atoms with van der Waals surface area (Å²) < 4.78 is 8.09. The molecule has 0 aliphatic carbocycles. The monoisotopic (exact) mass is 325 g/mol. The van der Waals surface area contributed by atoms with Gasteiger partial charge in [0.1, 0.15) is 5.58 Å². The Bertz CT molecular complexity index is 775. The molecular weight excluding hydrogens is 302 g/mol. The van der Waals surface area contributed by atoms with Crippen LogP contribution in [0.5, 0.6) is 0 Å². The van der Waals surface area contributed by atoms with Crippen LogP contribution in [0.1, 0.15) is 19.3 Å². The minimum absolute atomic E-state index is 0.155. The summed E-state index contributed by atoms with van der Waals surface area (Å²) in [5, 5.41) is 10.9. The van der Waals surface area contributed by atoms with Crippen molar-refractivity contribution < 1.29 is 9.52 Å². The Morgan fingerprint density at radius 2 is 2.17 bits per heavy atom. The summed E-state index contributed by atoms with van der Waals surface area (Å²) in [5.74, 6) is 1.69. The van der Waals surface area contributed by atoms with Crippen molar-refractivity contribution in [3.05, 3.63) is 42.7 Å². The van der Waals surface area contributed by atoms with Crippen molar-refractivity contribution in [2.75, 3.05) is 19.6 Å². The molecule has 24 heavy (non-hydrogen) atoms. The van der Waals surface area contributed by atoms with E-state index in [0.29, 0.717) is 0 Å². The summed E-state index contributed by atoms with van der Waals surface area (Å²) in [5.41, 5.74) is 0.893. The molecule has 0 saturated carbocycles. The Hall–Kier alpha value is -2.11. The van der Waals surface area contributed by atoms with E-state index in [-0.39, 0.29) is 6.10 Å². The number of hydrogen-bond donors (Lipinski definition) is 1. The maximum Gasteiger partial charge on any atom is 0.176 e. The van der Waals surface area contributed by atoms with E-state index in [1.165, 1.54) is 0 Å². The minimum Gasteiger partial charge on any atom is -0.453 e. The largest absolute Gasteiger partial charge is 0.453 e. The number of nitrogens with zero attached hydrogens (tertiary/aromatic N) is 3. The minimum atomic E-state index is -0.155. The third kappa shape index (κ3) is 3.23. The van der Waals surface area contributed by atoms with Crippen molar-refractivity contribution in [2.45, 2.75) is 31.9 Å². The average molecular weight is 325 g/mol. The van der Waals surface area contributed by atoms with Gasteiger partial charge in [0.25, 0.3) is 0 Å². The molecule has 1 N–H and O–H groups in total. The molecule has 2 aromatic heterocycles. The van der Waals surface area contributed by atoms with Crippen LogP contribution in [0, 0.1) is 0 Å². The number of aryl methyl sites for hydroxylation is 1. The molecule has 0 spiro atoms. The highest BCUT2D eigenvalue weighted by Crippen LogP contribution is 2.26. The lowest BCUT2D eigenvalue weighted by atomic mass is 10.1. The smallest absolute Gasteiger partial charge is 0.176 e. The second-order valence-electron chi connectivity index (χ2n) is 6.54. The molecule has 4 rings (SSSR count). The van der Waals surface area contributed by atoms with Crippen LogP contribution in [0.4, 0.5) is 0 Å². The van der Waals surface area contributed by atoms with E-state index in [4.69, 9.17) is 4.42 Å². The molecule has 1 fully saturated rings. The van der Waals surface area contributed by atoms with Crippen LogP contribution in [0.2, 0.25) is 0 Å². The van der Waals surface area contributed by atoms with Gasteiger partial charge in [-0.1, -0.05) is 18.2 Å². The molecule has 1 unspecified atom stereocenters. The lowest BCUT2D eigenvalue weighted by Crippen LogP contribution is -2.38. The predicted octanol–water partition coefficient (Wildman–Crippen LogP) is 3.14. The molecule has 5 nitrogen and oxygen atoms in total. The second-order valence-corrected chi connectivity index (χ2v) is 6.54. The molecule has 0 radical (unpaired) electrons. The Labute approximate surface area is 141 Å². The Morgan fingerprint density at radius 3 is 3.04 bits per heavy atom. The van der Waals surface area contributed by atoms with Gasteiger partial charge in [-0.05, 0) is 44.5 Å². The standard InChI is InChI=1S/C19H23N3O2/c23-16-6-3-9-21(14-16)10-4-11-22-12-8-20-19(22)18-13-15-5-1-2-7-17(15)24-18/h1-2,5,7-8,12-13,16,23H,3-4,6,9-11,14H2. The summed E-state index contributed by atoms with van der Waals surface area (Å²) in [6.45, 7) is 3.81. The van der Waals surface area contributed by atoms with Gasteiger partial charge in [0.2, 0.25) is 0 Å². The highest BCUT2D eigenvalue weighted by Gasteiger charge is 2.17. The van der Waals surface area contributed by atoms with E-state index in [9.17, 15) is 5.11 Å². The van der Waals surface area contributed by atoms with Gasteiger partial charge >= 0.3 is 0 Å². The average Bonchev–Trinajstić information content (AvgIpc) is 3.21. The lowest BCUT2D eigenvalue weighted by molar-refractivity contribution is 0.0695. The van der Waals surface area contributed by atoms with Crippen molar-refractivity contribution in [3.8, 4) is 11.6 Å². The fourth-order valence-corrected chi connectivity index (χ4v) is 3.51. The van der Waals surface area contributed by atoms with Crippen LogP contribution in [0.3, 0.4) is 0 Å². The molecule has 1 saturated heterocycles. The fourth-order valence-electron chi connectivity index (χ4n) is 3.51. The lowest BCUT2D eigenvalue weighted by Gasteiger charge is -2.29. The number of rotatable bonds is 5. The number of para-hydroxylation sites is 1. The first kappa shape index (κ1) is 15.4. The number of aromatic nitrogens is 2. The number of imidazole rings is 1. The van der Waals surface area contributed by atoms with Crippen LogP contribution in [0.15, 0.2) is 47.1 Å². The van der Waals surface area contributed by atoms with Crippen molar-refractivity contribution >= 4 is 11.0 Å². The molecule has 1 aliphatic heterocycles. The molecule has 5 heteroatoms. The van der Waals surface area contributed by atoms with Gasteiger partial charge in [-0.25, -0.2) is 4.98 Å². The number of aliphatic hydroxyl groups is 1. The molecule has 0 amide bonds. The zero-order chi connectivity index (χ0) is 16.4. The highest BCUT2D eigenvalue weighted by atomic mass is 16.3. The molecule has 1 atom stereocenters. The first-order valence-electron chi connectivity index (χ1n) is 8.70. The van der Waals surface area contributed by atoms with Gasteiger partial charge in [0.05, 0.1) is 6.10 Å². The number of furan rings is 1. The van der Waals surface area contributed by atoms with Gasteiger partial charge < -0.3 is 19.0 Å². The fraction of sp³-hybridized carbons (Fsp3) is 0.421. The number of hydrogen-bond acceptors (Lipinski definition) is 4. The van der Waals surface area contributed by atoms with E-state index in [1.807, 2.05) is 30.6 Å². The summed E-state index contributed by atoms with van der Waals surface area (Å²) >= 11 is 0. The number of β-amino-alcohol motifs (C(OH)–C–C–N with tert-alkyl or cyclic N) is 1. The zero-order valence-electron chi connectivity index (χ0n) is 13.8. The Balaban J connectivity index is 1.43. The summed E-state index contributed by atoms with van der Waals surface area (Å²) in [6.07, 6.45) is 6.75. The Morgan fingerprint density at radius 1 is 1.25 bits per heavy atom. The number of likely N-dealkylation sites (tertiary alicyclic amines) is 1. The number of fused-ring (bicyclic) bond motifs is 1. The third-order valence-corrected chi connectivity index (χ3v) is 4.72. The second kappa shape index (κ2) is 6.79. The number of benzene rings is 1. The van der Waals surface area contributed by atoms with Gasteiger partial charge in [-0.3, -0.25) is 0 Å². The van der Waals surface area contributed by atoms with E-state index in [0.717, 1.165) is 68.0 Å². The van der Waals surface area contributed by atoms with Crippen LogP contribution in [-0.2, 0) is 6.54 Å². The SMILES string of the molecule is OC1CCCN(CCCn2ccnc2-c2cc3ccccc3o2)C1. The number of piperidine rings is 1. The predicted molar refractivity (Wildman–Crippen MR) is 93.7 cm³/mol. The van der Waals surface area contributed by atoms with Gasteiger partial charge in [0, 0.05) is 30.9 Å². The molecule has 1 aromatic carbocycles. The van der Waals surface area contributed by atoms with Gasteiger partial charge in [0.15, 0.2) is 11.6 Å². The van der Waals surface area contributed by atoms with Crippen LogP contribution >= 0.6 is 0 Å². The normalized spacial score (nSPS) is 19.1. The van der Waals surface area contributed by atoms with E-state index < -0.39 is 0 Å². The maximum absolute atomic E-state index is 9.76. The highest BCUT2D eigenvalue weighted by molar-refractivity contribution is 5.81. The van der Waals surface area contributed by atoms with E-state index in [1.54, 1.807) is 0 Å². The first-order chi connectivity index (χ1) is 11.8. The number of aliphatic hydroxyl groups excluding tert-OH is 1. The van der Waals surface area contributed by atoms with Crippen molar-refractivity contribution in [3.63, 3.8) is 0 Å². The molecule has 126 valence electrons. The zero-order valence-corrected chi connectivity index (χ0v) is 13.8. The topological polar surface area (TPSA) is 54.4 Å². The summed E-state index contributed by atoms with van der Waals surface area (Å²) in [7, 11) is 0. The summed E-state index contributed by atoms with van der Waals surface area (Å²) in [4.78, 5) is 6.83. The van der Waals surface area contributed by atoms with Crippen LogP contribution in [-0.4, -0.2) is 45.3 Å². The quantitative estimate of drug-likeness (QED) is 0.783. The molecule has 3 aromatic rings. The van der Waals surface area contributed by atoms with Crippen molar-refractivity contribution in [1.29, 1.82) is 0 Å². The van der Waals surface area contributed by atoms with E-state index >= 15 is 0 Å². The third-order valence-electron chi connectivity index (χ3n) is 4.72. The molecular formula is C19H23N3O2. The molecule has 1 aliphatic rings. The summed E-state index contributed by atoms with van der Waals surface area (Å²) in [6, 6.07) is 10.1. The first-order valence-corrected chi connectivity index (χ1v) is 8.70. The Kier molecular flexibility index (Phi) is 4.36.